The van der Waals surface area contributed by atoms with E-state index in [0.717, 1.165) is 0 Å². The molecule has 2 rings (SSSR count). The lowest BCUT2D eigenvalue weighted by Crippen LogP contribution is -2.22. The minimum absolute atomic E-state index is 0.190. The van der Waals surface area contributed by atoms with Gasteiger partial charge in [0, 0.05) is 11.8 Å². The number of aliphatic hydroxyl groups is 1. The third-order valence-corrected chi connectivity index (χ3v) is 1.92. The largest absolute Gasteiger partial charge is 0.388 e. The molecular formula is C7H8O. The Morgan fingerprint density at radius 1 is 1.00 bits per heavy atom. The van der Waals surface area contributed by atoms with Crippen molar-refractivity contribution < 1.29 is 5.11 Å². The van der Waals surface area contributed by atoms with Gasteiger partial charge in [-0.05, 0) is 0 Å². The molecule has 1 nitrogen and oxygen atoms in total. The molecular weight excluding hydrogens is 100 g/mol. The third-order valence-electron chi connectivity index (χ3n) is 1.92. The topological polar surface area (TPSA) is 20.2 Å². The summed E-state index contributed by atoms with van der Waals surface area (Å²) >= 11 is 0. The quantitative estimate of drug-likeness (QED) is 0.453. The molecule has 0 aromatic rings. The minimum atomic E-state index is -0.190. The molecule has 2 aliphatic rings. The first kappa shape index (κ1) is 4.33. The van der Waals surface area contributed by atoms with Crippen molar-refractivity contribution in [2.75, 3.05) is 0 Å². The number of hydrogen-bond donors (Lipinski definition) is 1. The van der Waals surface area contributed by atoms with Crippen molar-refractivity contribution in [3.63, 3.8) is 0 Å². The highest BCUT2D eigenvalue weighted by Crippen LogP contribution is 2.35. The second-order valence-electron chi connectivity index (χ2n) is 2.42. The molecule has 0 spiro atoms. The SMILES string of the molecule is O[C@@H]1C=C[C@@H]2C=C[C@@H]21. The van der Waals surface area contributed by atoms with Gasteiger partial charge in [0.2, 0.25) is 0 Å². The highest BCUT2D eigenvalue weighted by atomic mass is 16.3. The summed E-state index contributed by atoms with van der Waals surface area (Å²) in [6.45, 7) is 0. The van der Waals surface area contributed by atoms with E-state index in [1.54, 1.807) is 0 Å². The van der Waals surface area contributed by atoms with Crippen molar-refractivity contribution in [1.29, 1.82) is 0 Å². The molecule has 0 aromatic carbocycles. The van der Waals surface area contributed by atoms with Crippen molar-refractivity contribution >= 4 is 0 Å². The van der Waals surface area contributed by atoms with Gasteiger partial charge in [-0.15, -0.1) is 0 Å². The van der Waals surface area contributed by atoms with Gasteiger partial charge in [-0.25, -0.2) is 0 Å². The fourth-order valence-corrected chi connectivity index (χ4v) is 1.27. The summed E-state index contributed by atoms with van der Waals surface area (Å²) in [5, 5.41) is 9.08. The van der Waals surface area contributed by atoms with Gasteiger partial charge >= 0.3 is 0 Å². The van der Waals surface area contributed by atoms with Gasteiger partial charge < -0.3 is 5.11 Å². The first-order valence-electron chi connectivity index (χ1n) is 2.92. The van der Waals surface area contributed by atoms with Gasteiger partial charge in [-0.3, -0.25) is 0 Å². The number of hydrogen-bond acceptors (Lipinski definition) is 1. The van der Waals surface area contributed by atoms with Crippen LogP contribution in [-0.4, -0.2) is 11.2 Å². The monoisotopic (exact) mass is 108 g/mol. The normalized spacial score (nSPS) is 48.9. The number of aliphatic hydroxyl groups excluding tert-OH is 1. The van der Waals surface area contributed by atoms with Gasteiger partial charge in [0.15, 0.2) is 0 Å². The fraction of sp³-hybridized carbons (Fsp3) is 0.429. The van der Waals surface area contributed by atoms with E-state index in [2.05, 4.69) is 18.2 Å². The number of rotatable bonds is 0. The van der Waals surface area contributed by atoms with Gasteiger partial charge in [0.05, 0.1) is 6.10 Å². The average Bonchev–Trinajstić information content (AvgIpc) is 1.80. The Kier molecular flexibility index (Phi) is 0.667. The molecule has 0 unspecified atom stereocenters. The maximum absolute atomic E-state index is 9.08. The summed E-state index contributed by atoms with van der Waals surface area (Å²) in [4.78, 5) is 0. The average molecular weight is 108 g/mol. The predicted molar refractivity (Wildman–Crippen MR) is 31.3 cm³/mol. The molecule has 3 atom stereocenters. The molecule has 0 saturated heterocycles. The molecule has 1 N–H and O–H groups in total. The molecule has 8 heavy (non-hydrogen) atoms. The maximum atomic E-state index is 9.08. The van der Waals surface area contributed by atoms with Crippen LogP contribution in [0.1, 0.15) is 0 Å². The molecule has 0 saturated carbocycles. The standard InChI is InChI=1S/C7H8O/c8-7-4-2-5-1-3-6(5)7/h1-8H/t5-,6-,7+/m0/s1. The van der Waals surface area contributed by atoms with Crippen LogP contribution < -0.4 is 0 Å². The summed E-state index contributed by atoms with van der Waals surface area (Å²) in [7, 11) is 0. The summed E-state index contributed by atoms with van der Waals surface area (Å²) in [5.74, 6) is 0.986. The summed E-state index contributed by atoms with van der Waals surface area (Å²) in [6.07, 6.45) is 7.93. The van der Waals surface area contributed by atoms with Crippen molar-refractivity contribution in [2.45, 2.75) is 6.10 Å². The van der Waals surface area contributed by atoms with E-state index >= 15 is 0 Å². The van der Waals surface area contributed by atoms with E-state index in [-0.39, 0.29) is 6.10 Å². The summed E-state index contributed by atoms with van der Waals surface area (Å²) < 4.78 is 0. The first-order chi connectivity index (χ1) is 3.88. The van der Waals surface area contributed by atoms with Crippen molar-refractivity contribution in [3.05, 3.63) is 24.3 Å². The Morgan fingerprint density at radius 2 is 1.75 bits per heavy atom. The summed E-state index contributed by atoms with van der Waals surface area (Å²) in [5.41, 5.74) is 0. The second kappa shape index (κ2) is 1.23. The third kappa shape index (κ3) is 0.353. The van der Waals surface area contributed by atoms with Crippen LogP contribution in [0.15, 0.2) is 24.3 Å². The highest BCUT2D eigenvalue weighted by molar-refractivity contribution is 5.26. The van der Waals surface area contributed by atoms with Crippen molar-refractivity contribution in [1.82, 2.24) is 0 Å². The molecule has 0 fully saturated rings. The van der Waals surface area contributed by atoms with E-state index in [1.807, 2.05) is 6.08 Å². The summed E-state index contributed by atoms with van der Waals surface area (Å²) in [6, 6.07) is 0. The van der Waals surface area contributed by atoms with Crippen molar-refractivity contribution in [3.8, 4) is 0 Å². The zero-order valence-corrected chi connectivity index (χ0v) is 4.49. The lowest BCUT2D eigenvalue weighted by atomic mass is 9.84. The van der Waals surface area contributed by atoms with Gasteiger partial charge in [0.25, 0.3) is 0 Å². The molecule has 0 aromatic heterocycles. The van der Waals surface area contributed by atoms with Crippen LogP contribution in [0.5, 0.6) is 0 Å². The number of allylic oxidation sites excluding steroid dienone is 2. The van der Waals surface area contributed by atoms with E-state index in [0.29, 0.717) is 11.8 Å². The van der Waals surface area contributed by atoms with E-state index in [1.165, 1.54) is 0 Å². The fourth-order valence-electron chi connectivity index (χ4n) is 1.27. The first-order valence-corrected chi connectivity index (χ1v) is 2.92. The van der Waals surface area contributed by atoms with Crippen LogP contribution >= 0.6 is 0 Å². The lowest BCUT2D eigenvalue weighted by molar-refractivity contribution is 0.168. The number of fused-ring (bicyclic) bond motifs is 1. The Bertz CT molecular complexity index is 158. The zero-order valence-electron chi connectivity index (χ0n) is 4.49. The Hall–Kier alpha value is -0.560. The van der Waals surface area contributed by atoms with Crippen LogP contribution in [0.3, 0.4) is 0 Å². The van der Waals surface area contributed by atoms with Crippen LogP contribution in [-0.2, 0) is 0 Å². The Labute approximate surface area is 48.3 Å². The molecule has 2 aliphatic carbocycles. The van der Waals surface area contributed by atoms with Gasteiger partial charge in [-0.1, -0.05) is 24.3 Å². The smallest absolute Gasteiger partial charge is 0.0792 e. The van der Waals surface area contributed by atoms with Gasteiger partial charge in [-0.2, -0.15) is 0 Å². The van der Waals surface area contributed by atoms with Crippen LogP contribution in [0.25, 0.3) is 0 Å². The molecule has 1 heteroatoms. The van der Waals surface area contributed by atoms with E-state index < -0.39 is 0 Å². The Balaban J connectivity index is 2.26. The van der Waals surface area contributed by atoms with Crippen LogP contribution in [0.4, 0.5) is 0 Å². The molecule has 0 radical (unpaired) electrons. The maximum Gasteiger partial charge on any atom is 0.0792 e. The highest BCUT2D eigenvalue weighted by Gasteiger charge is 2.31. The molecule has 0 heterocycles. The van der Waals surface area contributed by atoms with E-state index in [4.69, 9.17) is 5.11 Å². The lowest BCUT2D eigenvalue weighted by Gasteiger charge is -2.23. The molecule has 0 bridgehead atoms. The van der Waals surface area contributed by atoms with E-state index in [9.17, 15) is 0 Å². The van der Waals surface area contributed by atoms with Crippen molar-refractivity contribution in [2.24, 2.45) is 11.8 Å². The molecule has 0 aliphatic heterocycles. The Morgan fingerprint density at radius 3 is 2.00 bits per heavy atom. The van der Waals surface area contributed by atoms with Gasteiger partial charge in [0.1, 0.15) is 0 Å². The minimum Gasteiger partial charge on any atom is -0.388 e. The molecule has 42 valence electrons. The second-order valence-corrected chi connectivity index (χ2v) is 2.42. The molecule has 0 amide bonds. The van der Waals surface area contributed by atoms with Crippen LogP contribution in [0, 0.1) is 11.8 Å². The van der Waals surface area contributed by atoms with Crippen LogP contribution in [0.2, 0.25) is 0 Å². The zero-order chi connectivity index (χ0) is 5.56. The predicted octanol–water partition coefficient (Wildman–Crippen LogP) is 0.719.